The highest BCUT2D eigenvalue weighted by molar-refractivity contribution is 5.67. The van der Waals surface area contributed by atoms with E-state index in [-0.39, 0.29) is 17.7 Å². The zero-order chi connectivity index (χ0) is 16.0. The van der Waals surface area contributed by atoms with Gasteiger partial charge in [-0.1, -0.05) is 0 Å². The topological polar surface area (TPSA) is 59.6 Å². The van der Waals surface area contributed by atoms with Gasteiger partial charge in [0.15, 0.2) is 0 Å². The molecule has 0 heterocycles. The highest BCUT2D eigenvalue weighted by Gasteiger charge is 2.21. The number of alkyl carbamates (subject to hydrolysis) is 1. The first-order chi connectivity index (χ1) is 8.95. The molecule has 0 bridgehead atoms. The van der Waals surface area contributed by atoms with Crippen LogP contribution < -0.4 is 10.6 Å². The summed E-state index contributed by atoms with van der Waals surface area (Å²) in [6.07, 6.45) is 0.524. The number of carbonyl (C=O) groups is 1. The van der Waals surface area contributed by atoms with Gasteiger partial charge in [0, 0.05) is 25.7 Å². The molecule has 5 nitrogen and oxygen atoms in total. The van der Waals surface area contributed by atoms with Crippen LogP contribution >= 0.6 is 0 Å². The van der Waals surface area contributed by atoms with Crippen LogP contribution in [0.4, 0.5) is 4.79 Å². The van der Waals surface area contributed by atoms with Crippen molar-refractivity contribution in [3.63, 3.8) is 0 Å². The summed E-state index contributed by atoms with van der Waals surface area (Å²) in [5, 5.41) is 6.20. The van der Waals surface area contributed by atoms with E-state index in [1.165, 1.54) is 0 Å². The van der Waals surface area contributed by atoms with Crippen LogP contribution in [0.25, 0.3) is 0 Å². The Morgan fingerprint density at radius 3 is 2.10 bits per heavy atom. The minimum atomic E-state index is -0.462. The molecule has 0 spiro atoms. The monoisotopic (exact) mass is 288 g/mol. The van der Waals surface area contributed by atoms with E-state index in [9.17, 15) is 4.79 Å². The van der Waals surface area contributed by atoms with E-state index in [1.807, 2.05) is 27.7 Å². The molecule has 1 amide bonds. The maximum Gasteiger partial charge on any atom is 0.407 e. The van der Waals surface area contributed by atoms with Crippen LogP contribution in [0.15, 0.2) is 0 Å². The Hall–Kier alpha value is -0.810. The van der Waals surface area contributed by atoms with E-state index in [4.69, 9.17) is 9.47 Å². The smallest absolute Gasteiger partial charge is 0.407 e. The number of hydrogen-bond donors (Lipinski definition) is 2. The van der Waals surface area contributed by atoms with Crippen LogP contribution in [-0.4, -0.2) is 43.0 Å². The Kier molecular flexibility index (Phi) is 7.52. The van der Waals surface area contributed by atoms with Crippen molar-refractivity contribution in [2.45, 2.75) is 78.2 Å². The second kappa shape index (κ2) is 7.84. The number of carbonyl (C=O) groups excluding carboxylic acids is 1. The SMILES string of the molecule is COC(C)(C)CC(C)NC(C)CNC(=O)OC(C)(C)C. The molecule has 0 aliphatic carbocycles. The Morgan fingerprint density at radius 1 is 1.10 bits per heavy atom. The molecule has 2 atom stereocenters. The summed E-state index contributed by atoms with van der Waals surface area (Å²) >= 11 is 0. The average molecular weight is 288 g/mol. The Morgan fingerprint density at radius 2 is 1.65 bits per heavy atom. The zero-order valence-electron chi connectivity index (χ0n) is 14.3. The van der Waals surface area contributed by atoms with Gasteiger partial charge in [0.25, 0.3) is 0 Å². The third-order valence-corrected chi connectivity index (χ3v) is 2.87. The van der Waals surface area contributed by atoms with Crippen LogP contribution in [0.1, 0.15) is 54.9 Å². The molecule has 2 unspecified atom stereocenters. The lowest BCUT2D eigenvalue weighted by molar-refractivity contribution is 0.00771. The Balaban J connectivity index is 4.00. The Labute approximate surface area is 123 Å². The summed E-state index contributed by atoms with van der Waals surface area (Å²) in [5.41, 5.74) is -0.610. The molecule has 120 valence electrons. The average Bonchev–Trinajstić information content (AvgIpc) is 2.23. The van der Waals surface area contributed by atoms with Crippen molar-refractivity contribution in [2.24, 2.45) is 0 Å². The molecule has 2 N–H and O–H groups in total. The van der Waals surface area contributed by atoms with Crippen LogP contribution in [0.5, 0.6) is 0 Å². The van der Waals surface area contributed by atoms with Gasteiger partial charge in [-0.3, -0.25) is 0 Å². The van der Waals surface area contributed by atoms with Crippen molar-refractivity contribution in [3.05, 3.63) is 0 Å². The number of methoxy groups -OCH3 is 1. The van der Waals surface area contributed by atoms with Gasteiger partial charge < -0.3 is 20.1 Å². The first kappa shape index (κ1) is 19.2. The quantitative estimate of drug-likeness (QED) is 0.756. The second-order valence-electron chi connectivity index (χ2n) is 7.02. The number of ether oxygens (including phenoxy) is 2. The van der Waals surface area contributed by atoms with Crippen LogP contribution in [-0.2, 0) is 9.47 Å². The summed E-state index contributed by atoms with van der Waals surface area (Å²) in [7, 11) is 1.72. The van der Waals surface area contributed by atoms with Crippen molar-refractivity contribution < 1.29 is 14.3 Å². The van der Waals surface area contributed by atoms with Crippen molar-refractivity contribution in [2.75, 3.05) is 13.7 Å². The first-order valence-electron chi connectivity index (χ1n) is 7.23. The summed E-state index contributed by atoms with van der Waals surface area (Å²) in [6, 6.07) is 0.477. The summed E-state index contributed by atoms with van der Waals surface area (Å²) in [5.74, 6) is 0. The molecule has 20 heavy (non-hydrogen) atoms. The minimum Gasteiger partial charge on any atom is -0.444 e. The van der Waals surface area contributed by atoms with E-state index in [0.29, 0.717) is 12.6 Å². The first-order valence-corrected chi connectivity index (χ1v) is 7.23. The van der Waals surface area contributed by atoms with Gasteiger partial charge in [-0.05, 0) is 54.9 Å². The predicted octanol–water partition coefficient (Wildman–Crippen LogP) is 2.69. The van der Waals surface area contributed by atoms with E-state index in [0.717, 1.165) is 6.42 Å². The fourth-order valence-corrected chi connectivity index (χ4v) is 1.97. The normalized spacial score (nSPS) is 15.6. The lowest BCUT2D eigenvalue weighted by Gasteiger charge is -2.29. The molecule has 5 heteroatoms. The molecule has 0 rings (SSSR count). The lowest BCUT2D eigenvalue weighted by atomic mass is 9.99. The van der Waals surface area contributed by atoms with Gasteiger partial charge >= 0.3 is 6.09 Å². The maximum absolute atomic E-state index is 11.5. The minimum absolute atomic E-state index is 0.148. The van der Waals surface area contributed by atoms with E-state index in [1.54, 1.807) is 7.11 Å². The number of rotatable bonds is 7. The molecule has 0 aromatic heterocycles. The summed E-state index contributed by atoms with van der Waals surface area (Å²) < 4.78 is 10.6. The van der Waals surface area contributed by atoms with Crippen molar-refractivity contribution in [3.8, 4) is 0 Å². The van der Waals surface area contributed by atoms with Crippen LogP contribution in [0.2, 0.25) is 0 Å². The standard InChI is InChI=1S/C15H32N2O3/c1-11(9-15(6,7)19-8)17-12(2)10-16-13(18)20-14(3,4)5/h11-12,17H,9-10H2,1-8H3,(H,16,18). The fourth-order valence-electron chi connectivity index (χ4n) is 1.97. The van der Waals surface area contributed by atoms with Crippen LogP contribution in [0, 0.1) is 0 Å². The van der Waals surface area contributed by atoms with Crippen molar-refractivity contribution in [1.29, 1.82) is 0 Å². The molecule has 0 saturated carbocycles. The second-order valence-corrected chi connectivity index (χ2v) is 7.02. The summed E-state index contributed by atoms with van der Waals surface area (Å²) in [6.45, 7) is 14.4. The molecule has 0 aromatic rings. The molecular weight excluding hydrogens is 256 g/mol. The zero-order valence-corrected chi connectivity index (χ0v) is 14.3. The van der Waals surface area contributed by atoms with Gasteiger partial charge in [-0.25, -0.2) is 4.79 Å². The molecule has 0 aliphatic heterocycles. The largest absolute Gasteiger partial charge is 0.444 e. The molecule has 0 aliphatic rings. The molecule has 0 fully saturated rings. The van der Waals surface area contributed by atoms with Gasteiger partial charge in [0.05, 0.1) is 5.60 Å². The maximum atomic E-state index is 11.5. The molecular formula is C15H32N2O3. The third kappa shape index (κ3) is 10.0. The van der Waals surface area contributed by atoms with Crippen molar-refractivity contribution in [1.82, 2.24) is 10.6 Å². The highest BCUT2D eigenvalue weighted by atomic mass is 16.6. The number of hydrogen-bond acceptors (Lipinski definition) is 4. The van der Waals surface area contributed by atoms with E-state index >= 15 is 0 Å². The Bertz CT molecular complexity index is 298. The third-order valence-electron chi connectivity index (χ3n) is 2.87. The molecule has 0 aromatic carbocycles. The van der Waals surface area contributed by atoms with E-state index in [2.05, 4.69) is 31.4 Å². The highest BCUT2D eigenvalue weighted by Crippen LogP contribution is 2.15. The predicted molar refractivity (Wildman–Crippen MR) is 82.0 cm³/mol. The van der Waals surface area contributed by atoms with Gasteiger partial charge in [0.1, 0.15) is 5.60 Å². The number of nitrogens with one attached hydrogen (secondary N) is 2. The van der Waals surface area contributed by atoms with Gasteiger partial charge in [-0.15, -0.1) is 0 Å². The van der Waals surface area contributed by atoms with E-state index < -0.39 is 5.60 Å². The molecule has 0 radical (unpaired) electrons. The number of amides is 1. The fraction of sp³-hybridized carbons (Fsp3) is 0.933. The molecule has 0 saturated heterocycles. The van der Waals surface area contributed by atoms with Gasteiger partial charge in [0.2, 0.25) is 0 Å². The summed E-state index contributed by atoms with van der Waals surface area (Å²) in [4.78, 5) is 11.5. The van der Waals surface area contributed by atoms with Crippen molar-refractivity contribution >= 4 is 6.09 Å². The van der Waals surface area contributed by atoms with Gasteiger partial charge in [-0.2, -0.15) is 0 Å². The van der Waals surface area contributed by atoms with Crippen LogP contribution in [0.3, 0.4) is 0 Å². The lowest BCUT2D eigenvalue weighted by Crippen LogP contribution is -2.46.